The number of hydrogen-bond acceptors (Lipinski definition) is 6. The molecule has 3 heterocycles. The van der Waals surface area contributed by atoms with Crippen molar-refractivity contribution in [3.63, 3.8) is 0 Å². The van der Waals surface area contributed by atoms with Crippen molar-refractivity contribution in [2.45, 2.75) is 32.7 Å². The van der Waals surface area contributed by atoms with Crippen LogP contribution < -0.4 is 5.32 Å². The van der Waals surface area contributed by atoms with Gasteiger partial charge in [-0.05, 0) is 38.8 Å². The van der Waals surface area contributed by atoms with E-state index in [2.05, 4.69) is 15.3 Å². The summed E-state index contributed by atoms with van der Waals surface area (Å²) in [6.07, 6.45) is 2.87. The summed E-state index contributed by atoms with van der Waals surface area (Å²) >= 11 is 1.35. The summed E-state index contributed by atoms with van der Waals surface area (Å²) in [4.78, 5) is 35.4. The first-order valence-electron chi connectivity index (χ1n) is 8.70. The minimum Gasteiger partial charge on any atom is -0.450 e. The fourth-order valence-electron chi connectivity index (χ4n) is 2.88. The molecular weight excluding hydrogens is 352 g/mol. The summed E-state index contributed by atoms with van der Waals surface area (Å²) in [6, 6.07) is 5.68. The largest absolute Gasteiger partial charge is 0.450 e. The topological polar surface area (TPSA) is 84.4 Å². The molecule has 1 aliphatic rings. The van der Waals surface area contributed by atoms with Crippen LogP contribution in [0.1, 0.15) is 35.1 Å². The minimum atomic E-state index is -0.282. The van der Waals surface area contributed by atoms with Crippen molar-refractivity contribution in [2.24, 2.45) is 0 Å². The highest BCUT2D eigenvalue weighted by molar-refractivity contribution is 7.17. The van der Waals surface area contributed by atoms with Crippen LogP contribution in [0.3, 0.4) is 0 Å². The quantitative estimate of drug-likeness (QED) is 0.889. The molecule has 1 fully saturated rings. The Labute approximate surface area is 156 Å². The zero-order chi connectivity index (χ0) is 18.5. The van der Waals surface area contributed by atoms with Gasteiger partial charge in [0.1, 0.15) is 9.88 Å². The van der Waals surface area contributed by atoms with Crippen LogP contribution in [0.4, 0.5) is 4.79 Å². The van der Waals surface area contributed by atoms with Crippen LogP contribution in [0.5, 0.6) is 0 Å². The molecule has 138 valence electrons. The number of rotatable bonds is 4. The number of carbonyl (C=O) groups is 2. The number of pyridine rings is 1. The third kappa shape index (κ3) is 4.19. The highest BCUT2D eigenvalue weighted by atomic mass is 32.1. The van der Waals surface area contributed by atoms with Crippen molar-refractivity contribution in [1.29, 1.82) is 0 Å². The van der Waals surface area contributed by atoms with Gasteiger partial charge >= 0.3 is 6.09 Å². The molecule has 0 bridgehead atoms. The Morgan fingerprint density at radius 1 is 1.35 bits per heavy atom. The fraction of sp³-hybridized carbons (Fsp3) is 0.444. The van der Waals surface area contributed by atoms with E-state index >= 15 is 0 Å². The molecule has 0 radical (unpaired) electrons. The number of piperidine rings is 1. The second kappa shape index (κ2) is 8.27. The van der Waals surface area contributed by atoms with Crippen LogP contribution in [0, 0.1) is 6.92 Å². The van der Waals surface area contributed by atoms with Gasteiger partial charge in [-0.25, -0.2) is 9.78 Å². The maximum atomic E-state index is 12.6. The maximum absolute atomic E-state index is 12.6. The molecule has 2 amide bonds. The Balaban J connectivity index is 1.59. The first kappa shape index (κ1) is 18.3. The van der Waals surface area contributed by atoms with Crippen molar-refractivity contribution in [3.05, 3.63) is 35.0 Å². The number of thiazole rings is 1. The molecule has 1 aliphatic heterocycles. The molecule has 1 saturated heterocycles. The minimum absolute atomic E-state index is 0.0491. The number of carbonyl (C=O) groups excluding carboxylic acids is 2. The SMILES string of the molecule is CCOC(=O)N1CCC(NC(=O)c2sc(-c3ccccn3)nc2C)CC1. The summed E-state index contributed by atoms with van der Waals surface area (Å²) in [5, 5.41) is 3.81. The number of ether oxygens (including phenoxy) is 1. The van der Waals surface area contributed by atoms with Gasteiger partial charge in [-0.2, -0.15) is 0 Å². The summed E-state index contributed by atoms with van der Waals surface area (Å²) in [6.45, 7) is 5.18. The fourth-order valence-corrected chi connectivity index (χ4v) is 3.82. The number of hydrogen-bond donors (Lipinski definition) is 1. The van der Waals surface area contributed by atoms with E-state index in [9.17, 15) is 9.59 Å². The normalized spacial score (nSPS) is 14.9. The van der Waals surface area contributed by atoms with Crippen LogP contribution >= 0.6 is 11.3 Å². The van der Waals surface area contributed by atoms with Crippen LogP contribution in [0.2, 0.25) is 0 Å². The van der Waals surface area contributed by atoms with Gasteiger partial charge in [-0.3, -0.25) is 9.78 Å². The lowest BCUT2D eigenvalue weighted by Crippen LogP contribution is -2.46. The number of aromatic nitrogens is 2. The number of nitrogens with zero attached hydrogens (tertiary/aromatic N) is 3. The van der Waals surface area contributed by atoms with Crippen molar-refractivity contribution >= 4 is 23.3 Å². The Kier molecular flexibility index (Phi) is 5.82. The van der Waals surface area contributed by atoms with E-state index in [4.69, 9.17) is 4.74 Å². The summed E-state index contributed by atoms with van der Waals surface area (Å²) < 4.78 is 5.01. The van der Waals surface area contributed by atoms with Gasteiger partial charge in [-0.15, -0.1) is 11.3 Å². The maximum Gasteiger partial charge on any atom is 0.409 e. The predicted molar refractivity (Wildman–Crippen MR) is 99.2 cm³/mol. The molecular formula is C18H22N4O3S. The highest BCUT2D eigenvalue weighted by Gasteiger charge is 2.26. The standard InChI is InChI=1S/C18H22N4O3S/c1-3-25-18(24)22-10-7-13(8-11-22)21-16(23)15-12(2)20-17(26-15)14-6-4-5-9-19-14/h4-6,9,13H,3,7-8,10-11H2,1-2H3,(H,21,23). The Bertz CT molecular complexity index is 770. The molecule has 0 aromatic carbocycles. The zero-order valence-electron chi connectivity index (χ0n) is 14.9. The van der Waals surface area contributed by atoms with Crippen LogP contribution in [-0.2, 0) is 4.74 Å². The molecule has 26 heavy (non-hydrogen) atoms. The lowest BCUT2D eigenvalue weighted by atomic mass is 10.1. The van der Waals surface area contributed by atoms with E-state index in [1.165, 1.54) is 11.3 Å². The lowest BCUT2D eigenvalue weighted by Gasteiger charge is -2.31. The van der Waals surface area contributed by atoms with Gasteiger partial charge in [-0.1, -0.05) is 6.07 Å². The molecule has 2 aromatic rings. The van der Waals surface area contributed by atoms with E-state index < -0.39 is 0 Å². The zero-order valence-corrected chi connectivity index (χ0v) is 15.7. The third-order valence-electron chi connectivity index (χ3n) is 4.24. The van der Waals surface area contributed by atoms with E-state index in [1.807, 2.05) is 25.1 Å². The molecule has 0 spiro atoms. The summed E-state index contributed by atoms with van der Waals surface area (Å²) in [5.41, 5.74) is 1.47. The van der Waals surface area contributed by atoms with Gasteiger partial charge in [0.25, 0.3) is 5.91 Å². The van der Waals surface area contributed by atoms with E-state index in [1.54, 1.807) is 18.0 Å². The van der Waals surface area contributed by atoms with Gasteiger partial charge in [0.15, 0.2) is 0 Å². The predicted octanol–water partition coefficient (Wildman–Crippen LogP) is 2.86. The van der Waals surface area contributed by atoms with E-state index in [0.717, 1.165) is 23.5 Å². The smallest absolute Gasteiger partial charge is 0.409 e. The van der Waals surface area contributed by atoms with Crippen molar-refractivity contribution in [3.8, 4) is 10.7 Å². The average Bonchev–Trinajstić information content (AvgIpc) is 3.05. The first-order chi connectivity index (χ1) is 12.6. The Hall–Kier alpha value is -2.48. The molecule has 2 aromatic heterocycles. The Morgan fingerprint density at radius 3 is 2.77 bits per heavy atom. The van der Waals surface area contributed by atoms with E-state index in [-0.39, 0.29) is 18.0 Å². The van der Waals surface area contributed by atoms with Crippen LogP contribution in [0.15, 0.2) is 24.4 Å². The van der Waals surface area contributed by atoms with Crippen LogP contribution in [-0.4, -0.2) is 52.6 Å². The molecule has 0 unspecified atom stereocenters. The Morgan fingerprint density at radius 2 is 2.12 bits per heavy atom. The van der Waals surface area contributed by atoms with Gasteiger partial charge in [0.2, 0.25) is 0 Å². The van der Waals surface area contributed by atoms with Gasteiger partial charge < -0.3 is 15.0 Å². The van der Waals surface area contributed by atoms with Crippen molar-refractivity contribution in [2.75, 3.05) is 19.7 Å². The molecule has 0 aliphatic carbocycles. The van der Waals surface area contributed by atoms with Crippen molar-refractivity contribution in [1.82, 2.24) is 20.2 Å². The molecule has 1 N–H and O–H groups in total. The molecule has 0 atom stereocenters. The molecule has 7 nitrogen and oxygen atoms in total. The molecule has 0 saturated carbocycles. The monoisotopic (exact) mass is 374 g/mol. The second-order valence-electron chi connectivity index (χ2n) is 6.08. The number of aryl methyl sites for hydroxylation is 1. The van der Waals surface area contributed by atoms with Crippen molar-refractivity contribution < 1.29 is 14.3 Å². The molecule has 8 heteroatoms. The number of likely N-dealkylation sites (tertiary alicyclic amines) is 1. The van der Waals surface area contributed by atoms with Gasteiger partial charge in [0.05, 0.1) is 18.0 Å². The summed E-state index contributed by atoms with van der Waals surface area (Å²) in [5.74, 6) is -0.114. The lowest BCUT2D eigenvalue weighted by molar-refractivity contribution is 0.0862. The van der Waals surface area contributed by atoms with Gasteiger partial charge in [0, 0.05) is 25.3 Å². The third-order valence-corrected chi connectivity index (χ3v) is 5.42. The number of nitrogens with one attached hydrogen (secondary N) is 1. The first-order valence-corrected chi connectivity index (χ1v) is 9.51. The summed E-state index contributed by atoms with van der Waals surface area (Å²) in [7, 11) is 0. The number of amides is 2. The highest BCUT2D eigenvalue weighted by Crippen LogP contribution is 2.26. The molecule has 3 rings (SSSR count). The van der Waals surface area contributed by atoms with E-state index in [0.29, 0.717) is 30.3 Å². The second-order valence-corrected chi connectivity index (χ2v) is 7.08. The average molecular weight is 374 g/mol. The van der Waals surface area contributed by atoms with Crippen LogP contribution in [0.25, 0.3) is 10.7 Å².